The summed E-state index contributed by atoms with van der Waals surface area (Å²) >= 11 is 0. The lowest BCUT2D eigenvalue weighted by atomic mass is 9.97. The van der Waals surface area contributed by atoms with E-state index in [0.717, 1.165) is 29.8 Å². The molecule has 2 aromatic rings. The first-order valence-corrected chi connectivity index (χ1v) is 6.03. The van der Waals surface area contributed by atoms with Crippen LogP contribution in [0.2, 0.25) is 0 Å². The minimum atomic E-state index is -0.353. The van der Waals surface area contributed by atoms with Crippen molar-refractivity contribution in [3.63, 3.8) is 0 Å². The molecule has 0 atom stereocenters. The second-order valence-corrected chi connectivity index (χ2v) is 4.59. The van der Waals surface area contributed by atoms with E-state index in [1.807, 2.05) is 17.6 Å². The molecule has 0 unspecified atom stereocenters. The van der Waals surface area contributed by atoms with E-state index in [4.69, 9.17) is 0 Å². The number of hydrogen-bond acceptors (Lipinski definition) is 2. The van der Waals surface area contributed by atoms with Gasteiger partial charge in [-0.2, -0.15) is 0 Å². The second-order valence-electron chi connectivity index (χ2n) is 4.59. The van der Waals surface area contributed by atoms with E-state index in [1.54, 1.807) is 6.07 Å². The van der Waals surface area contributed by atoms with Gasteiger partial charge in [0.25, 0.3) is 0 Å². The fourth-order valence-electron chi connectivity index (χ4n) is 2.55. The maximum atomic E-state index is 12.9. The second kappa shape index (κ2) is 4.05. The lowest BCUT2D eigenvalue weighted by Crippen LogP contribution is -2.13. The summed E-state index contributed by atoms with van der Waals surface area (Å²) < 4.78 is 14.9. The van der Waals surface area contributed by atoms with E-state index in [9.17, 15) is 9.18 Å². The van der Waals surface area contributed by atoms with Crippen molar-refractivity contribution >= 4 is 5.78 Å². The number of rotatable bonds is 1. The molecule has 0 aliphatic heterocycles. The van der Waals surface area contributed by atoms with Gasteiger partial charge in [0.05, 0.1) is 6.20 Å². The van der Waals surface area contributed by atoms with E-state index >= 15 is 0 Å². The molecular formula is C14H13FN2O. The van der Waals surface area contributed by atoms with Crippen LogP contribution in [0.3, 0.4) is 0 Å². The van der Waals surface area contributed by atoms with Gasteiger partial charge in [-0.3, -0.25) is 4.79 Å². The van der Waals surface area contributed by atoms with Gasteiger partial charge < -0.3 is 4.57 Å². The van der Waals surface area contributed by atoms with Crippen LogP contribution < -0.4 is 0 Å². The van der Waals surface area contributed by atoms with Crippen LogP contribution in [0, 0.1) is 12.7 Å². The van der Waals surface area contributed by atoms with Gasteiger partial charge in [-0.1, -0.05) is 0 Å². The van der Waals surface area contributed by atoms with Crippen LogP contribution in [0.5, 0.6) is 0 Å². The molecule has 2 aromatic heterocycles. The summed E-state index contributed by atoms with van der Waals surface area (Å²) in [6.45, 7) is 1.94. The number of aromatic nitrogens is 2. The van der Waals surface area contributed by atoms with Gasteiger partial charge in [0.1, 0.15) is 11.6 Å². The molecule has 0 radical (unpaired) electrons. The maximum absolute atomic E-state index is 12.9. The zero-order chi connectivity index (χ0) is 12.7. The quantitative estimate of drug-likeness (QED) is 0.773. The Hall–Kier alpha value is -1.97. The summed E-state index contributed by atoms with van der Waals surface area (Å²) in [5.41, 5.74) is 2.77. The first-order chi connectivity index (χ1) is 8.66. The Morgan fingerprint density at radius 1 is 1.33 bits per heavy atom. The van der Waals surface area contributed by atoms with Gasteiger partial charge in [0, 0.05) is 23.4 Å². The van der Waals surface area contributed by atoms with E-state index < -0.39 is 0 Å². The molecule has 4 heteroatoms. The van der Waals surface area contributed by atoms with Crippen LogP contribution in [-0.4, -0.2) is 15.3 Å². The third-order valence-corrected chi connectivity index (χ3v) is 3.35. The standard InChI is InChI=1S/C14H13FN2O/c1-9-7-11-12(3-2-4-13(11)18)17(9)14-6-5-10(15)8-16-14/h5-8H,2-4H2,1H3. The highest BCUT2D eigenvalue weighted by Gasteiger charge is 2.23. The summed E-state index contributed by atoms with van der Waals surface area (Å²) in [4.78, 5) is 15.9. The Morgan fingerprint density at radius 3 is 2.89 bits per heavy atom. The van der Waals surface area contributed by atoms with Gasteiger partial charge in [0.15, 0.2) is 5.78 Å². The summed E-state index contributed by atoms with van der Waals surface area (Å²) in [6, 6.07) is 4.93. The lowest BCUT2D eigenvalue weighted by molar-refractivity contribution is 0.0972. The minimum absolute atomic E-state index is 0.195. The Bertz CT molecular complexity index is 613. The number of carbonyl (C=O) groups is 1. The molecule has 0 aromatic carbocycles. The van der Waals surface area contributed by atoms with Gasteiger partial charge in [-0.05, 0) is 38.0 Å². The number of ketones is 1. The lowest BCUT2D eigenvalue weighted by Gasteiger charge is -2.15. The van der Waals surface area contributed by atoms with Gasteiger partial charge in [-0.15, -0.1) is 0 Å². The van der Waals surface area contributed by atoms with Crippen molar-refractivity contribution in [3.05, 3.63) is 47.2 Å². The van der Waals surface area contributed by atoms with E-state index in [1.165, 1.54) is 12.3 Å². The summed E-state index contributed by atoms with van der Waals surface area (Å²) in [5, 5.41) is 0. The number of halogens is 1. The van der Waals surface area contributed by atoms with Crippen LogP contribution >= 0.6 is 0 Å². The first-order valence-electron chi connectivity index (χ1n) is 6.03. The molecule has 1 aliphatic carbocycles. The summed E-state index contributed by atoms with van der Waals surface area (Å²) in [6.07, 6.45) is 3.56. The van der Waals surface area contributed by atoms with Crippen LogP contribution in [0.15, 0.2) is 24.4 Å². The number of hydrogen-bond donors (Lipinski definition) is 0. The molecule has 0 spiro atoms. The molecule has 0 saturated carbocycles. The van der Waals surface area contributed by atoms with Crippen molar-refractivity contribution in [2.24, 2.45) is 0 Å². The number of pyridine rings is 1. The van der Waals surface area contributed by atoms with Crippen LogP contribution in [-0.2, 0) is 6.42 Å². The number of nitrogens with zero attached hydrogens (tertiary/aromatic N) is 2. The average Bonchev–Trinajstić information content (AvgIpc) is 2.69. The molecular weight excluding hydrogens is 231 g/mol. The number of fused-ring (bicyclic) bond motifs is 1. The van der Waals surface area contributed by atoms with Crippen molar-refractivity contribution in [1.82, 2.24) is 9.55 Å². The monoisotopic (exact) mass is 244 g/mol. The summed E-state index contributed by atoms with van der Waals surface area (Å²) in [7, 11) is 0. The molecule has 0 N–H and O–H groups in total. The smallest absolute Gasteiger partial charge is 0.164 e. The van der Waals surface area contributed by atoms with Gasteiger partial charge in [0.2, 0.25) is 0 Å². The van der Waals surface area contributed by atoms with Crippen LogP contribution in [0.4, 0.5) is 4.39 Å². The third-order valence-electron chi connectivity index (χ3n) is 3.35. The molecule has 0 fully saturated rings. The maximum Gasteiger partial charge on any atom is 0.164 e. The van der Waals surface area contributed by atoms with E-state index in [2.05, 4.69) is 4.98 Å². The molecule has 1 aliphatic rings. The third kappa shape index (κ3) is 1.65. The Balaban J connectivity index is 2.18. The molecule has 2 heterocycles. The zero-order valence-electron chi connectivity index (χ0n) is 10.1. The highest BCUT2D eigenvalue weighted by atomic mass is 19.1. The highest BCUT2D eigenvalue weighted by molar-refractivity contribution is 5.98. The minimum Gasteiger partial charge on any atom is -0.302 e. The van der Waals surface area contributed by atoms with E-state index in [-0.39, 0.29) is 11.6 Å². The van der Waals surface area contributed by atoms with E-state index in [0.29, 0.717) is 12.2 Å². The van der Waals surface area contributed by atoms with Crippen molar-refractivity contribution in [2.75, 3.05) is 0 Å². The molecule has 92 valence electrons. The molecule has 3 nitrogen and oxygen atoms in total. The Morgan fingerprint density at radius 2 is 2.17 bits per heavy atom. The predicted octanol–water partition coefficient (Wildman–Crippen LogP) is 2.84. The number of Topliss-reactive ketones (excluding diaryl/α,β-unsaturated/α-hetero) is 1. The number of aryl methyl sites for hydroxylation is 1. The Labute approximate surface area is 104 Å². The van der Waals surface area contributed by atoms with Gasteiger partial charge in [-0.25, -0.2) is 9.37 Å². The predicted molar refractivity (Wildman–Crippen MR) is 65.5 cm³/mol. The van der Waals surface area contributed by atoms with Crippen molar-refractivity contribution in [1.29, 1.82) is 0 Å². The highest BCUT2D eigenvalue weighted by Crippen LogP contribution is 2.27. The zero-order valence-corrected chi connectivity index (χ0v) is 10.1. The fraction of sp³-hybridized carbons (Fsp3) is 0.286. The normalized spacial score (nSPS) is 14.7. The molecule has 0 amide bonds. The van der Waals surface area contributed by atoms with Crippen molar-refractivity contribution in [3.8, 4) is 5.82 Å². The van der Waals surface area contributed by atoms with Crippen molar-refractivity contribution in [2.45, 2.75) is 26.2 Å². The first kappa shape index (κ1) is 11.1. The molecule has 3 rings (SSSR count). The van der Waals surface area contributed by atoms with Gasteiger partial charge >= 0.3 is 0 Å². The SMILES string of the molecule is Cc1cc2c(n1-c1ccc(F)cn1)CCCC2=O. The molecule has 0 saturated heterocycles. The molecule has 0 bridgehead atoms. The topological polar surface area (TPSA) is 34.9 Å². The Kier molecular flexibility index (Phi) is 2.51. The van der Waals surface area contributed by atoms with Crippen LogP contribution in [0.25, 0.3) is 5.82 Å². The number of carbonyl (C=O) groups excluding carboxylic acids is 1. The summed E-state index contributed by atoms with van der Waals surface area (Å²) in [5.74, 6) is 0.513. The van der Waals surface area contributed by atoms with Crippen LogP contribution in [0.1, 0.15) is 34.6 Å². The van der Waals surface area contributed by atoms with Crippen molar-refractivity contribution < 1.29 is 9.18 Å². The fourth-order valence-corrected chi connectivity index (χ4v) is 2.55. The largest absolute Gasteiger partial charge is 0.302 e. The molecule has 18 heavy (non-hydrogen) atoms. The average molecular weight is 244 g/mol.